The van der Waals surface area contributed by atoms with Crippen LogP contribution in [0.2, 0.25) is 5.02 Å². The standard InChI is InChI=1S/C13H20ClN3O/c1-8-5-4-6-11(9(8)2)16-13(18)12-10(14)7-15-17(12)3/h7-9,11H,4-6H2,1-3H3,(H,16,18)/t8-,9-,11-/m1/s1. The molecule has 18 heavy (non-hydrogen) atoms. The molecule has 4 nitrogen and oxygen atoms in total. The van der Waals surface area contributed by atoms with Crippen LogP contribution in [0.5, 0.6) is 0 Å². The number of nitrogens with one attached hydrogen (secondary N) is 1. The summed E-state index contributed by atoms with van der Waals surface area (Å²) in [5.41, 5.74) is 0.446. The van der Waals surface area contributed by atoms with Gasteiger partial charge in [-0.2, -0.15) is 5.10 Å². The third-order valence-corrected chi connectivity index (χ3v) is 4.41. The third-order valence-electron chi connectivity index (χ3n) is 4.13. The molecule has 0 aliphatic heterocycles. The van der Waals surface area contributed by atoms with Gasteiger partial charge in [-0.1, -0.05) is 38.3 Å². The largest absolute Gasteiger partial charge is 0.348 e. The lowest BCUT2D eigenvalue weighted by atomic mass is 9.78. The summed E-state index contributed by atoms with van der Waals surface area (Å²) < 4.78 is 1.52. The highest BCUT2D eigenvalue weighted by atomic mass is 35.5. The van der Waals surface area contributed by atoms with E-state index < -0.39 is 0 Å². The van der Waals surface area contributed by atoms with Crippen molar-refractivity contribution in [3.63, 3.8) is 0 Å². The number of hydrogen-bond acceptors (Lipinski definition) is 2. The lowest BCUT2D eigenvalue weighted by Crippen LogP contribution is -2.44. The van der Waals surface area contributed by atoms with Crippen LogP contribution in [0.3, 0.4) is 0 Å². The van der Waals surface area contributed by atoms with Gasteiger partial charge in [0.15, 0.2) is 0 Å². The zero-order valence-corrected chi connectivity index (χ0v) is 11.9. The van der Waals surface area contributed by atoms with E-state index in [0.29, 0.717) is 22.6 Å². The number of carbonyl (C=O) groups excluding carboxylic acids is 1. The molecule has 1 aliphatic rings. The summed E-state index contributed by atoms with van der Waals surface area (Å²) in [6, 6.07) is 0.243. The quantitative estimate of drug-likeness (QED) is 0.897. The molecule has 1 saturated carbocycles. The number of rotatable bonds is 2. The van der Waals surface area contributed by atoms with E-state index in [0.717, 1.165) is 6.42 Å². The van der Waals surface area contributed by atoms with E-state index >= 15 is 0 Å². The van der Waals surface area contributed by atoms with Gasteiger partial charge in [0.25, 0.3) is 5.91 Å². The zero-order chi connectivity index (χ0) is 13.3. The van der Waals surface area contributed by atoms with Crippen molar-refractivity contribution in [1.82, 2.24) is 15.1 Å². The summed E-state index contributed by atoms with van der Waals surface area (Å²) in [5, 5.41) is 7.50. The number of amides is 1. The van der Waals surface area contributed by atoms with Crippen LogP contribution in [0, 0.1) is 11.8 Å². The number of carbonyl (C=O) groups is 1. The monoisotopic (exact) mass is 269 g/mol. The van der Waals surface area contributed by atoms with Gasteiger partial charge in [-0.05, 0) is 18.3 Å². The van der Waals surface area contributed by atoms with Crippen molar-refractivity contribution in [1.29, 1.82) is 0 Å². The predicted octanol–water partition coefficient (Wildman–Crippen LogP) is 2.63. The van der Waals surface area contributed by atoms with E-state index in [4.69, 9.17) is 11.6 Å². The highest BCUT2D eigenvalue weighted by Gasteiger charge is 2.29. The zero-order valence-electron chi connectivity index (χ0n) is 11.1. The molecule has 1 amide bonds. The van der Waals surface area contributed by atoms with Crippen molar-refractivity contribution >= 4 is 17.5 Å². The summed E-state index contributed by atoms with van der Waals surface area (Å²) in [7, 11) is 1.73. The molecule has 1 heterocycles. The molecule has 5 heteroatoms. The Kier molecular flexibility index (Phi) is 3.95. The fraction of sp³-hybridized carbons (Fsp3) is 0.692. The lowest BCUT2D eigenvalue weighted by Gasteiger charge is -2.34. The molecule has 0 aromatic carbocycles. The highest BCUT2D eigenvalue weighted by molar-refractivity contribution is 6.33. The molecule has 1 aromatic heterocycles. The lowest BCUT2D eigenvalue weighted by molar-refractivity contribution is 0.0881. The molecule has 1 aliphatic carbocycles. The van der Waals surface area contributed by atoms with E-state index in [2.05, 4.69) is 24.3 Å². The van der Waals surface area contributed by atoms with Gasteiger partial charge in [-0.25, -0.2) is 0 Å². The predicted molar refractivity (Wildman–Crippen MR) is 71.7 cm³/mol. The minimum Gasteiger partial charge on any atom is -0.348 e. The second-order valence-electron chi connectivity index (χ2n) is 5.31. The molecule has 1 aromatic rings. The highest BCUT2D eigenvalue weighted by Crippen LogP contribution is 2.29. The van der Waals surface area contributed by atoms with E-state index in [-0.39, 0.29) is 11.9 Å². The van der Waals surface area contributed by atoms with Gasteiger partial charge < -0.3 is 5.32 Å². The van der Waals surface area contributed by atoms with Crippen molar-refractivity contribution in [2.45, 2.75) is 39.2 Å². The van der Waals surface area contributed by atoms with Crippen LogP contribution in [0.4, 0.5) is 0 Å². The molecule has 3 atom stereocenters. The van der Waals surface area contributed by atoms with Crippen LogP contribution in [-0.2, 0) is 7.05 Å². The second-order valence-corrected chi connectivity index (χ2v) is 5.72. The minimum absolute atomic E-state index is 0.119. The Bertz CT molecular complexity index is 424. The molecule has 1 N–H and O–H groups in total. The first kappa shape index (κ1) is 13.4. The summed E-state index contributed by atoms with van der Waals surface area (Å²) in [6.45, 7) is 4.46. The number of halogens is 1. The Hall–Kier alpha value is -1.03. The topological polar surface area (TPSA) is 46.9 Å². The average molecular weight is 270 g/mol. The van der Waals surface area contributed by atoms with Crippen LogP contribution in [0.1, 0.15) is 43.6 Å². The Morgan fingerprint density at radius 2 is 2.22 bits per heavy atom. The fourth-order valence-electron chi connectivity index (χ4n) is 2.69. The van der Waals surface area contributed by atoms with Crippen molar-refractivity contribution < 1.29 is 4.79 Å². The first-order valence-corrected chi connectivity index (χ1v) is 6.87. The molecular weight excluding hydrogens is 250 g/mol. The minimum atomic E-state index is -0.119. The maximum absolute atomic E-state index is 12.2. The van der Waals surface area contributed by atoms with Crippen molar-refractivity contribution in [3.05, 3.63) is 16.9 Å². The molecule has 0 bridgehead atoms. The van der Waals surface area contributed by atoms with Gasteiger partial charge >= 0.3 is 0 Å². The second kappa shape index (κ2) is 5.31. The molecule has 0 saturated heterocycles. The number of nitrogens with zero attached hydrogens (tertiary/aromatic N) is 2. The summed E-state index contributed by atoms with van der Waals surface area (Å²) in [6.07, 6.45) is 4.98. The van der Waals surface area contributed by atoms with Crippen LogP contribution < -0.4 is 5.32 Å². The molecule has 2 rings (SSSR count). The first-order valence-electron chi connectivity index (χ1n) is 6.49. The maximum atomic E-state index is 12.2. The van der Waals surface area contributed by atoms with Gasteiger partial charge in [-0.3, -0.25) is 9.48 Å². The molecule has 100 valence electrons. The summed E-state index contributed by atoms with van der Waals surface area (Å²) in [4.78, 5) is 12.2. The van der Waals surface area contributed by atoms with Gasteiger partial charge in [0.2, 0.25) is 0 Å². The Balaban J connectivity index is 2.08. The molecule has 0 unspecified atom stereocenters. The Morgan fingerprint density at radius 3 is 2.83 bits per heavy atom. The van der Waals surface area contributed by atoms with Gasteiger partial charge in [0, 0.05) is 13.1 Å². The van der Waals surface area contributed by atoms with Crippen LogP contribution in [0.15, 0.2) is 6.20 Å². The molecule has 0 radical (unpaired) electrons. The van der Waals surface area contributed by atoms with Crippen molar-refractivity contribution in [2.24, 2.45) is 18.9 Å². The van der Waals surface area contributed by atoms with Crippen LogP contribution in [0.25, 0.3) is 0 Å². The normalized spacial score (nSPS) is 28.1. The van der Waals surface area contributed by atoms with Crippen molar-refractivity contribution in [2.75, 3.05) is 0 Å². The SMILES string of the molecule is C[C@@H]1[C@H](C)CCC[C@H]1NC(=O)c1c(Cl)cnn1C. The van der Waals surface area contributed by atoms with E-state index in [1.54, 1.807) is 7.05 Å². The van der Waals surface area contributed by atoms with Gasteiger partial charge in [-0.15, -0.1) is 0 Å². The first-order chi connectivity index (χ1) is 8.50. The smallest absolute Gasteiger partial charge is 0.271 e. The maximum Gasteiger partial charge on any atom is 0.271 e. The van der Waals surface area contributed by atoms with E-state index in [1.807, 2.05) is 0 Å². The van der Waals surface area contributed by atoms with E-state index in [1.165, 1.54) is 23.7 Å². The fourth-order valence-corrected chi connectivity index (χ4v) is 2.94. The molecule has 0 spiro atoms. The van der Waals surface area contributed by atoms with Gasteiger partial charge in [0.1, 0.15) is 5.69 Å². The van der Waals surface area contributed by atoms with Crippen LogP contribution >= 0.6 is 11.6 Å². The number of aryl methyl sites for hydroxylation is 1. The third kappa shape index (κ3) is 2.53. The van der Waals surface area contributed by atoms with Crippen molar-refractivity contribution in [3.8, 4) is 0 Å². The summed E-state index contributed by atoms with van der Waals surface area (Å²) in [5.74, 6) is 1.05. The number of aromatic nitrogens is 2. The summed E-state index contributed by atoms with van der Waals surface area (Å²) >= 11 is 5.98. The molecular formula is C13H20ClN3O. The Labute approximate surface area is 113 Å². The van der Waals surface area contributed by atoms with E-state index in [9.17, 15) is 4.79 Å². The Morgan fingerprint density at radius 1 is 1.50 bits per heavy atom. The average Bonchev–Trinajstić information content (AvgIpc) is 2.65. The molecule has 1 fully saturated rings. The van der Waals surface area contributed by atoms with Gasteiger partial charge in [0.05, 0.1) is 11.2 Å². The number of hydrogen-bond donors (Lipinski definition) is 1. The van der Waals surface area contributed by atoms with Crippen LogP contribution in [-0.4, -0.2) is 21.7 Å².